The molecule has 0 fully saturated rings. The van der Waals surface area contributed by atoms with E-state index in [2.05, 4.69) is 25.3 Å². The maximum Gasteiger partial charge on any atom is 0.416 e. The van der Waals surface area contributed by atoms with E-state index in [4.69, 9.17) is 16.7 Å². The summed E-state index contributed by atoms with van der Waals surface area (Å²) in [6.45, 7) is -0.458. The Morgan fingerprint density at radius 2 is 1.75 bits per heavy atom. The number of aromatic nitrogens is 4. The second kappa shape index (κ2) is 8.65. The number of benzene rings is 1. The molecule has 0 saturated heterocycles. The number of nitrogens with zero attached hydrogens (tertiary/aromatic N) is 4. The number of rotatable bonds is 5. The third-order valence-corrected chi connectivity index (χ3v) is 4.93. The molecule has 0 amide bonds. The number of aliphatic hydroxyl groups excluding tert-OH is 2. The highest BCUT2D eigenvalue weighted by atomic mass is 35.5. The lowest BCUT2D eigenvalue weighted by Crippen LogP contribution is -2.05. The highest BCUT2D eigenvalue weighted by molar-refractivity contribution is 6.33. The Bertz CT molecular complexity index is 1270. The minimum absolute atomic E-state index is 0.258. The molecule has 0 spiro atoms. The van der Waals surface area contributed by atoms with Crippen LogP contribution < -0.4 is 5.32 Å². The van der Waals surface area contributed by atoms with Crippen LogP contribution >= 0.6 is 11.6 Å². The van der Waals surface area contributed by atoms with E-state index in [1.165, 1.54) is 36.9 Å². The Kier molecular flexibility index (Phi) is 5.92. The molecule has 0 radical (unpaired) electrons. The molecule has 1 atom stereocenters. The number of anilines is 2. The number of nitrogens with one attached hydrogen (secondary N) is 1. The fraction of sp³-hybridized carbons (Fsp3) is 0.143. The van der Waals surface area contributed by atoms with Gasteiger partial charge in [0.25, 0.3) is 0 Å². The summed E-state index contributed by atoms with van der Waals surface area (Å²) in [6.07, 6.45) is -1.28. The molecule has 1 aromatic carbocycles. The SMILES string of the molecule is OC[C@H](O)c1cnc(-c2cnc3c(Nc4ccc(C(F)(F)F)cc4)ncnc3c2)c(Cl)c1. The largest absolute Gasteiger partial charge is 0.416 e. The van der Waals surface area contributed by atoms with E-state index in [0.717, 1.165) is 12.1 Å². The molecule has 0 aliphatic carbocycles. The molecule has 3 heterocycles. The maximum absolute atomic E-state index is 12.8. The van der Waals surface area contributed by atoms with Gasteiger partial charge in [-0.3, -0.25) is 4.98 Å². The highest BCUT2D eigenvalue weighted by Gasteiger charge is 2.30. The zero-order valence-corrected chi connectivity index (χ0v) is 16.9. The van der Waals surface area contributed by atoms with Gasteiger partial charge in [0.05, 0.1) is 28.4 Å². The molecule has 4 aromatic rings. The van der Waals surface area contributed by atoms with Gasteiger partial charge < -0.3 is 15.5 Å². The third kappa shape index (κ3) is 4.47. The predicted octanol–water partition coefficient (Wildman–Crippen LogP) is 4.53. The zero-order valence-electron chi connectivity index (χ0n) is 16.2. The first kappa shape index (κ1) is 21.9. The van der Waals surface area contributed by atoms with Gasteiger partial charge in [-0.2, -0.15) is 13.2 Å². The van der Waals surface area contributed by atoms with Crippen LogP contribution in [-0.4, -0.2) is 36.8 Å². The van der Waals surface area contributed by atoms with Gasteiger partial charge in [0.2, 0.25) is 0 Å². The molecule has 4 rings (SSSR count). The monoisotopic (exact) mass is 461 g/mol. The van der Waals surface area contributed by atoms with Crippen LogP contribution in [0.25, 0.3) is 22.3 Å². The van der Waals surface area contributed by atoms with Crippen molar-refractivity contribution in [2.75, 3.05) is 11.9 Å². The lowest BCUT2D eigenvalue weighted by molar-refractivity contribution is -0.137. The Morgan fingerprint density at radius 1 is 1.00 bits per heavy atom. The minimum atomic E-state index is -4.41. The molecule has 164 valence electrons. The van der Waals surface area contributed by atoms with Crippen LogP contribution in [0.2, 0.25) is 5.02 Å². The van der Waals surface area contributed by atoms with E-state index in [-0.39, 0.29) is 5.02 Å². The van der Waals surface area contributed by atoms with E-state index in [1.54, 1.807) is 6.07 Å². The van der Waals surface area contributed by atoms with E-state index in [0.29, 0.717) is 39.4 Å². The quantitative estimate of drug-likeness (QED) is 0.401. The van der Waals surface area contributed by atoms with Gasteiger partial charge in [-0.25, -0.2) is 15.0 Å². The number of alkyl halides is 3. The number of aliphatic hydroxyl groups is 2. The van der Waals surface area contributed by atoms with Crippen LogP contribution in [-0.2, 0) is 6.18 Å². The number of hydrogen-bond acceptors (Lipinski definition) is 7. The zero-order chi connectivity index (χ0) is 22.9. The lowest BCUT2D eigenvalue weighted by Gasteiger charge is -2.12. The molecule has 0 saturated carbocycles. The van der Waals surface area contributed by atoms with Crippen molar-refractivity contribution in [1.29, 1.82) is 0 Å². The van der Waals surface area contributed by atoms with Crippen molar-refractivity contribution < 1.29 is 23.4 Å². The highest BCUT2D eigenvalue weighted by Crippen LogP contribution is 2.32. The average Bonchev–Trinajstić information content (AvgIpc) is 2.78. The van der Waals surface area contributed by atoms with Gasteiger partial charge in [0, 0.05) is 29.2 Å². The first-order valence-electron chi connectivity index (χ1n) is 9.26. The van der Waals surface area contributed by atoms with Crippen molar-refractivity contribution in [3.63, 3.8) is 0 Å². The van der Waals surface area contributed by atoms with Crippen LogP contribution in [0.5, 0.6) is 0 Å². The summed E-state index contributed by atoms with van der Waals surface area (Å²) < 4.78 is 38.3. The normalized spacial score (nSPS) is 12.7. The fourth-order valence-corrected chi connectivity index (χ4v) is 3.28. The average molecular weight is 462 g/mol. The standard InChI is InChI=1S/C21H15ClF3N5O2/c22-15-5-11(17(32)9-31)7-26-18(15)12-6-16-19(27-8-12)20(29-10-28-16)30-14-3-1-13(2-4-14)21(23,24)25/h1-8,10,17,31-32H,9H2,(H,28,29,30)/t17-/m0/s1. The summed E-state index contributed by atoms with van der Waals surface area (Å²) in [5, 5.41) is 22.0. The molecule has 7 nitrogen and oxygen atoms in total. The summed E-state index contributed by atoms with van der Waals surface area (Å²) in [7, 11) is 0. The summed E-state index contributed by atoms with van der Waals surface area (Å²) in [5.74, 6) is 0.321. The number of hydrogen-bond donors (Lipinski definition) is 3. The summed E-state index contributed by atoms with van der Waals surface area (Å²) >= 11 is 6.29. The van der Waals surface area contributed by atoms with Crippen LogP contribution in [0.4, 0.5) is 24.7 Å². The predicted molar refractivity (Wildman–Crippen MR) is 112 cm³/mol. The second-order valence-electron chi connectivity index (χ2n) is 6.81. The van der Waals surface area contributed by atoms with Gasteiger partial charge >= 0.3 is 6.18 Å². The van der Waals surface area contributed by atoms with Gasteiger partial charge in [0.1, 0.15) is 17.9 Å². The van der Waals surface area contributed by atoms with Crippen molar-refractivity contribution in [3.05, 3.63) is 71.3 Å². The Labute approximate surface area is 184 Å². The summed E-state index contributed by atoms with van der Waals surface area (Å²) in [5.41, 5.74) is 1.87. The maximum atomic E-state index is 12.8. The van der Waals surface area contributed by atoms with Gasteiger partial charge in [-0.05, 0) is 36.4 Å². The van der Waals surface area contributed by atoms with E-state index in [9.17, 15) is 18.3 Å². The van der Waals surface area contributed by atoms with Crippen molar-refractivity contribution in [2.24, 2.45) is 0 Å². The Morgan fingerprint density at radius 3 is 2.41 bits per heavy atom. The third-order valence-electron chi connectivity index (χ3n) is 4.64. The van der Waals surface area contributed by atoms with Gasteiger partial charge in [-0.15, -0.1) is 0 Å². The molecule has 0 bridgehead atoms. The van der Waals surface area contributed by atoms with E-state index in [1.807, 2.05) is 0 Å². The molecule has 3 N–H and O–H groups in total. The lowest BCUT2D eigenvalue weighted by atomic mass is 10.1. The van der Waals surface area contributed by atoms with Crippen molar-refractivity contribution in [3.8, 4) is 11.3 Å². The summed E-state index contributed by atoms with van der Waals surface area (Å²) in [4.78, 5) is 17.0. The molecule has 0 aliphatic rings. The number of pyridine rings is 2. The van der Waals surface area contributed by atoms with Gasteiger partial charge in [0.15, 0.2) is 5.82 Å². The number of fused-ring (bicyclic) bond motifs is 1. The Hall–Kier alpha value is -3.34. The summed E-state index contributed by atoms with van der Waals surface area (Å²) in [6, 6.07) is 7.75. The molecular weight excluding hydrogens is 447 g/mol. The van der Waals surface area contributed by atoms with Crippen LogP contribution in [0.1, 0.15) is 17.2 Å². The van der Waals surface area contributed by atoms with Crippen molar-refractivity contribution in [1.82, 2.24) is 19.9 Å². The second-order valence-corrected chi connectivity index (χ2v) is 7.22. The van der Waals surface area contributed by atoms with Crippen LogP contribution in [0.15, 0.2) is 55.1 Å². The van der Waals surface area contributed by atoms with Crippen molar-refractivity contribution in [2.45, 2.75) is 12.3 Å². The fourth-order valence-electron chi connectivity index (χ4n) is 3.00. The first-order chi connectivity index (χ1) is 15.3. The van der Waals surface area contributed by atoms with Crippen LogP contribution in [0.3, 0.4) is 0 Å². The molecule has 3 aromatic heterocycles. The van der Waals surface area contributed by atoms with E-state index >= 15 is 0 Å². The first-order valence-corrected chi connectivity index (χ1v) is 9.64. The molecular formula is C21H15ClF3N5O2. The van der Waals surface area contributed by atoms with Crippen LogP contribution in [0, 0.1) is 0 Å². The van der Waals surface area contributed by atoms with E-state index < -0.39 is 24.5 Å². The molecule has 32 heavy (non-hydrogen) atoms. The molecule has 0 unspecified atom stereocenters. The molecule has 11 heteroatoms. The topological polar surface area (TPSA) is 104 Å². The Balaban J connectivity index is 1.64. The van der Waals surface area contributed by atoms with Crippen molar-refractivity contribution >= 4 is 34.1 Å². The smallest absolute Gasteiger partial charge is 0.393 e. The molecule has 0 aliphatic heterocycles. The van der Waals surface area contributed by atoms with Gasteiger partial charge in [-0.1, -0.05) is 11.6 Å². The number of halogens is 4. The minimum Gasteiger partial charge on any atom is -0.393 e.